The van der Waals surface area contributed by atoms with E-state index >= 15 is 0 Å². The Morgan fingerprint density at radius 3 is 1.52 bits per heavy atom. The number of rotatable bonds is 36. The van der Waals surface area contributed by atoms with Gasteiger partial charge in [0.05, 0.1) is 34.4 Å². The number of nitrogens with zero attached hydrogens (tertiary/aromatic N) is 1. The average Bonchev–Trinajstić information content (AvgIpc) is 3.12. The Labute approximate surface area is 330 Å². The molecule has 54 heavy (non-hydrogen) atoms. The summed E-state index contributed by atoms with van der Waals surface area (Å²) in [6, 6.07) is -0.625. The van der Waals surface area contributed by atoms with Crippen LogP contribution >= 0.6 is 0 Å². The first-order valence-corrected chi connectivity index (χ1v) is 21.0. The number of carbonyl (C=O) groups is 3. The molecular formula is C46H78NO7+. The topological polar surface area (TPSA) is 99.1 Å². The van der Waals surface area contributed by atoms with Crippen LogP contribution < -0.4 is 0 Å². The third kappa shape index (κ3) is 34.5. The van der Waals surface area contributed by atoms with Crippen LogP contribution in [0.2, 0.25) is 0 Å². The van der Waals surface area contributed by atoms with E-state index in [0.29, 0.717) is 19.3 Å². The molecule has 0 saturated carbocycles. The van der Waals surface area contributed by atoms with E-state index in [2.05, 4.69) is 74.6 Å². The van der Waals surface area contributed by atoms with E-state index in [4.69, 9.17) is 14.2 Å². The van der Waals surface area contributed by atoms with Crippen LogP contribution in [0.15, 0.2) is 72.9 Å². The van der Waals surface area contributed by atoms with Crippen molar-refractivity contribution in [3.8, 4) is 0 Å². The van der Waals surface area contributed by atoms with Crippen molar-refractivity contribution in [3.63, 3.8) is 0 Å². The number of quaternary nitrogens is 1. The van der Waals surface area contributed by atoms with Gasteiger partial charge in [-0.15, -0.1) is 0 Å². The number of ether oxygens (including phenoxy) is 3. The zero-order valence-electron chi connectivity index (χ0n) is 34.9. The van der Waals surface area contributed by atoms with E-state index in [0.717, 1.165) is 57.8 Å². The van der Waals surface area contributed by atoms with Crippen LogP contribution in [0.25, 0.3) is 0 Å². The Bertz CT molecular complexity index is 1110. The van der Waals surface area contributed by atoms with Gasteiger partial charge in [-0.1, -0.05) is 138 Å². The van der Waals surface area contributed by atoms with Crippen molar-refractivity contribution in [1.29, 1.82) is 0 Å². The lowest BCUT2D eigenvalue weighted by Gasteiger charge is -2.31. The van der Waals surface area contributed by atoms with E-state index < -0.39 is 18.1 Å². The fourth-order valence-corrected chi connectivity index (χ4v) is 5.67. The van der Waals surface area contributed by atoms with Gasteiger partial charge >= 0.3 is 17.9 Å². The molecule has 8 nitrogen and oxygen atoms in total. The molecule has 0 saturated heterocycles. The molecule has 0 fully saturated rings. The predicted molar refractivity (Wildman–Crippen MR) is 224 cm³/mol. The van der Waals surface area contributed by atoms with Crippen molar-refractivity contribution in [2.75, 3.05) is 41.0 Å². The molecule has 1 N–H and O–H groups in total. The van der Waals surface area contributed by atoms with Gasteiger partial charge in [-0.3, -0.25) is 9.59 Å². The summed E-state index contributed by atoms with van der Waals surface area (Å²) in [5.74, 6) is -1.58. The number of carbonyl (C=O) groups excluding carboxylic acids is 2. The van der Waals surface area contributed by atoms with Gasteiger partial charge in [-0.2, -0.15) is 0 Å². The Hall–Kier alpha value is -3.23. The Morgan fingerprint density at radius 1 is 0.556 bits per heavy atom. The summed E-state index contributed by atoms with van der Waals surface area (Å²) in [6.45, 7) is 4.39. The minimum atomic E-state index is -0.888. The maximum atomic E-state index is 12.5. The van der Waals surface area contributed by atoms with Crippen LogP contribution in [0.1, 0.15) is 149 Å². The first kappa shape index (κ1) is 50.8. The molecule has 0 bridgehead atoms. The SMILES string of the molecule is CC/C=C/C/C=C/C/C=C/C/C=C/CCCCCCCCCCCCC(=O)OCC(COCCC(C(=O)O)[N+](C)(C)C)OC(=O)CC/C=C/C/C=C/CC. The molecule has 308 valence electrons. The average molecular weight is 757 g/mol. The summed E-state index contributed by atoms with van der Waals surface area (Å²) in [4.78, 5) is 36.7. The third-order valence-electron chi connectivity index (χ3n) is 8.86. The van der Waals surface area contributed by atoms with Gasteiger partial charge in [-0.05, 0) is 64.2 Å². The summed E-state index contributed by atoms with van der Waals surface area (Å²) in [5.41, 5.74) is 0. The van der Waals surface area contributed by atoms with Crippen LogP contribution in [-0.2, 0) is 28.6 Å². The van der Waals surface area contributed by atoms with Crippen molar-refractivity contribution in [1.82, 2.24) is 0 Å². The van der Waals surface area contributed by atoms with Gasteiger partial charge in [-0.25, -0.2) is 4.79 Å². The van der Waals surface area contributed by atoms with Crippen LogP contribution in [0, 0.1) is 0 Å². The molecule has 8 heteroatoms. The molecule has 0 amide bonds. The zero-order chi connectivity index (χ0) is 40.0. The molecule has 0 aliphatic carbocycles. The number of allylic oxidation sites excluding steroid dienone is 12. The summed E-state index contributed by atoms with van der Waals surface area (Å²) in [5, 5.41) is 9.57. The molecule has 0 aliphatic heterocycles. The maximum Gasteiger partial charge on any atom is 0.362 e. The summed E-state index contributed by atoms with van der Waals surface area (Å²) in [6.07, 6.45) is 45.7. The number of unbranched alkanes of at least 4 members (excludes halogenated alkanes) is 10. The number of carboxylic acid groups (broad SMARTS) is 1. The zero-order valence-corrected chi connectivity index (χ0v) is 34.9. The lowest BCUT2D eigenvalue weighted by molar-refractivity contribution is -0.887. The van der Waals surface area contributed by atoms with Gasteiger partial charge in [0.25, 0.3) is 0 Å². The lowest BCUT2D eigenvalue weighted by Crippen LogP contribution is -2.50. The smallest absolute Gasteiger partial charge is 0.362 e. The van der Waals surface area contributed by atoms with E-state index in [1.54, 1.807) is 0 Å². The highest BCUT2D eigenvalue weighted by molar-refractivity contribution is 5.72. The number of esters is 2. The number of aliphatic carboxylic acids is 1. The normalized spacial score (nSPS) is 13.7. The first-order chi connectivity index (χ1) is 26.1. The minimum absolute atomic E-state index is 0.0332. The van der Waals surface area contributed by atoms with Gasteiger partial charge in [0.15, 0.2) is 12.1 Å². The van der Waals surface area contributed by atoms with Crippen LogP contribution in [0.3, 0.4) is 0 Å². The molecule has 2 unspecified atom stereocenters. The fourth-order valence-electron chi connectivity index (χ4n) is 5.67. The number of likely N-dealkylation sites (N-methyl/N-ethyl adjacent to an activating group) is 1. The molecular weight excluding hydrogens is 679 g/mol. The van der Waals surface area contributed by atoms with Gasteiger partial charge < -0.3 is 23.8 Å². The molecule has 0 rings (SSSR count). The van der Waals surface area contributed by atoms with E-state index in [1.165, 1.54) is 51.4 Å². The quantitative estimate of drug-likeness (QED) is 0.0294. The largest absolute Gasteiger partial charge is 0.477 e. The molecule has 0 aromatic rings. The van der Waals surface area contributed by atoms with Crippen molar-refractivity contribution in [2.24, 2.45) is 0 Å². The predicted octanol–water partition coefficient (Wildman–Crippen LogP) is 11.2. The number of hydrogen-bond acceptors (Lipinski definition) is 6. The van der Waals surface area contributed by atoms with Crippen molar-refractivity contribution in [3.05, 3.63) is 72.9 Å². The summed E-state index contributed by atoms with van der Waals surface area (Å²) < 4.78 is 17.1. The van der Waals surface area contributed by atoms with Gasteiger partial charge in [0.2, 0.25) is 0 Å². The van der Waals surface area contributed by atoms with Crippen LogP contribution in [-0.4, -0.2) is 80.6 Å². The lowest BCUT2D eigenvalue weighted by atomic mass is 10.1. The molecule has 2 atom stereocenters. The third-order valence-corrected chi connectivity index (χ3v) is 8.86. The standard InChI is InChI=1S/C46H77NO7/c1-6-8-10-12-14-15-16-17-18-19-20-21-22-23-24-25-26-27-28-29-31-32-34-36-44(48)53-41-42(40-52-39-38-43(46(50)51)47(3,4)5)54-45(49)37-35-33-30-13-11-9-7-2/h8-11,14-15,17-18,20-21,30,33,42-43H,6-7,12-13,16,19,22-29,31-32,34-41H2,1-5H3/p+1/b10-8+,11-9+,15-14+,18-17+,21-20+,33-30+. The Balaban J connectivity index is 4.18. The molecule has 0 aliphatic rings. The van der Waals surface area contributed by atoms with Crippen LogP contribution in [0.4, 0.5) is 0 Å². The molecule has 0 radical (unpaired) electrons. The second kappa shape index (κ2) is 36.7. The number of hydrogen-bond donors (Lipinski definition) is 1. The Kier molecular flexibility index (Phi) is 34.5. The van der Waals surface area contributed by atoms with Crippen molar-refractivity contribution >= 4 is 17.9 Å². The molecule has 0 aromatic heterocycles. The van der Waals surface area contributed by atoms with Crippen LogP contribution in [0.5, 0.6) is 0 Å². The highest BCUT2D eigenvalue weighted by atomic mass is 16.6. The monoisotopic (exact) mass is 757 g/mol. The second-order valence-electron chi connectivity index (χ2n) is 14.8. The number of carboxylic acids is 1. The summed E-state index contributed by atoms with van der Waals surface area (Å²) in [7, 11) is 5.49. The minimum Gasteiger partial charge on any atom is -0.477 e. The van der Waals surface area contributed by atoms with E-state index in [-0.39, 0.29) is 42.7 Å². The Morgan fingerprint density at radius 2 is 1.02 bits per heavy atom. The highest BCUT2D eigenvalue weighted by Crippen LogP contribution is 2.13. The van der Waals surface area contributed by atoms with Gasteiger partial charge in [0, 0.05) is 19.3 Å². The first-order valence-electron chi connectivity index (χ1n) is 21.0. The maximum absolute atomic E-state index is 12.5. The fraction of sp³-hybridized carbons (Fsp3) is 0.674. The second-order valence-corrected chi connectivity index (χ2v) is 14.8. The molecule has 0 heterocycles. The van der Waals surface area contributed by atoms with Gasteiger partial charge in [0.1, 0.15) is 6.61 Å². The van der Waals surface area contributed by atoms with Crippen molar-refractivity contribution < 1.29 is 38.2 Å². The highest BCUT2D eigenvalue weighted by Gasteiger charge is 2.31. The van der Waals surface area contributed by atoms with Crippen molar-refractivity contribution in [2.45, 2.75) is 161 Å². The van der Waals surface area contributed by atoms with E-state index in [1.807, 2.05) is 33.3 Å². The molecule has 0 spiro atoms. The summed E-state index contributed by atoms with van der Waals surface area (Å²) >= 11 is 0. The molecule has 0 aromatic carbocycles. The van der Waals surface area contributed by atoms with E-state index in [9.17, 15) is 19.5 Å².